The van der Waals surface area contributed by atoms with Crippen LogP contribution in [0.3, 0.4) is 0 Å². The SMILES string of the molecule is CC(C)CCCCCC1(OC2CCCO2)CC1I. The van der Waals surface area contributed by atoms with Gasteiger partial charge in [-0.05, 0) is 25.2 Å². The summed E-state index contributed by atoms with van der Waals surface area (Å²) in [5.41, 5.74) is 0.174. The minimum Gasteiger partial charge on any atom is -0.353 e. The Morgan fingerprint density at radius 1 is 1.33 bits per heavy atom. The third-order valence-electron chi connectivity index (χ3n) is 4.07. The average Bonchev–Trinajstić information content (AvgIpc) is 2.75. The maximum Gasteiger partial charge on any atom is 0.158 e. The summed E-state index contributed by atoms with van der Waals surface area (Å²) in [4.78, 5) is 0. The van der Waals surface area contributed by atoms with Gasteiger partial charge in [-0.15, -0.1) is 0 Å². The summed E-state index contributed by atoms with van der Waals surface area (Å²) in [6, 6.07) is 0. The molecule has 18 heavy (non-hydrogen) atoms. The predicted molar refractivity (Wildman–Crippen MR) is 83.1 cm³/mol. The highest BCUT2D eigenvalue weighted by atomic mass is 127. The van der Waals surface area contributed by atoms with Crippen molar-refractivity contribution in [2.24, 2.45) is 5.92 Å². The van der Waals surface area contributed by atoms with Gasteiger partial charge in [0.1, 0.15) is 0 Å². The van der Waals surface area contributed by atoms with Gasteiger partial charge in [0.2, 0.25) is 0 Å². The van der Waals surface area contributed by atoms with E-state index in [4.69, 9.17) is 9.47 Å². The van der Waals surface area contributed by atoms with E-state index in [0.29, 0.717) is 3.92 Å². The topological polar surface area (TPSA) is 18.5 Å². The Labute approximate surface area is 125 Å². The molecule has 1 heterocycles. The van der Waals surface area contributed by atoms with Crippen LogP contribution in [0.25, 0.3) is 0 Å². The van der Waals surface area contributed by atoms with Crippen LogP contribution in [-0.4, -0.2) is 22.4 Å². The summed E-state index contributed by atoms with van der Waals surface area (Å²) in [7, 11) is 0. The van der Waals surface area contributed by atoms with Gasteiger partial charge in [-0.3, -0.25) is 0 Å². The second-order valence-corrected chi connectivity index (χ2v) is 7.79. The van der Waals surface area contributed by atoms with Crippen molar-refractivity contribution < 1.29 is 9.47 Å². The summed E-state index contributed by atoms with van der Waals surface area (Å²) in [5.74, 6) is 0.848. The minimum absolute atomic E-state index is 0.0976. The number of unbranched alkanes of at least 4 members (excludes halogenated alkanes) is 2. The van der Waals surface area contributed by atoms with Gasteiger partial charge in [0, 0.05) is 17.0 Å². The normalized spacial score (nSPS) is 35.3. The lowest BCUT2D eigenvalue weighted by Crippen LogP contribution is -2.25. The lowest BCUT2D eigenvalue weighted by atomic mass is 10.0. The first-order chi connectivity index (χ1) is 8.62. The zero-order valence-electron chi connectivity index (χ0n) is 11.8. The van der Waals surface area contributed by atoms with E-state index in [1.807, 2.05) is 0 Å². The molecule has 2 aliphatic rings. The molecule has 1 saturated heterocycles. The molecule has 0 N–H and O–H groups in total. The monoisotopic (exact) mass is 366 g/mol. The van der Waals surface area contributed by atoms with Crippen molar-refractivity contribution in [2.75, 3.05) is 6.61 Å². The van der Waals surface area contributed by atoms with Crippen LogP contribution in [0, 0.1) is 5.92 Å². The largest absolute Gasteiger partial charge is 0.353 e. The molecule has 3 unspecified atom stereocenters. The van der Waals surface area contributed by atoms with Crippen LogP contribution in [0.4, 0.5) is 0 Å². The number of hydrogen-bond donors (Lipinski definition) is 0. The second-order valence-electron chi connectivity index (χ2n) is 6.29. The Morgan fingerprint density at radius 2 is 2.11 bits per heavy atom. The molecule has 0 radical (unpaired) electrons. The first-order valence-electron chi connectivity index (χ1n) is 7.56. The van der Waals surface area contributed by atoms with Crippen molar-refractivity contribution in [3.63, 3.8) is 0 Å². The molecule has 106 valence electrons. The van der Waals surface area contributed by atoms with Crippen molar-refractivity contribution in [1.82, 2.24) is 0 Å². The van der Waals surface area contributed by atoms with E-state index in [1.165, 1.54) is 44.9 Å². The van der Waals surface area contributed by atoms with Crippen LogP contribution in [0.15, 0.2) is 0 Å². The van der Waals surface area contributed by atoms with Crippen molar-refractivity contribution in [3.05, 3.63) is 0 Å². The fourth-order valence-corrected chi connectivity index (χ4v) is 3.94. The smallest absolute Gasteiger partial charge is 0.158 e. The summed E-state index contributed by atoms with van der Waals surface area (Å²) >= 11 is 2.55. The van der Waals surface area contributed by atoms with Gasteiger partial charge in [0.15, 0.2) is 6.29 Å². The van der Waals surface area contributed by atoms with E-state index in [9.17, 15) is 0 Å². The average molecular weight is 366 g/mol. The summed E-state index contributed by atoms with van der Waals surface area (Å²) in [5, 5.41) is 0. The Balaban J connectivity index is 1.62. The molecule has 2 fully saturated rings. The fraction of sp³-hybridized carbons (Fsp3) is 1.00. The zero-order chi connectivity index (χ0) is 13.0. The lowest BCUT2D eigenvalue weighted by Gasteiger charge is -2.21. The van der Waals surface area contributed by atoms with Gasteiger partial charge < -0.3 is 9.47 Å². The fourth-order valence-electron chi connectivity index (χ4n) is 2.74. The predicted octanol–water partition coefficient (Wildman–Crippen LogP) is 4.69. The molecule has 3 heteroatoms. The molecule has 0 spiro atoms. The van der Waals surface area contributed by atoms with Crippen LogP contribution < -0.4 is 0 Å². The molecule has 2 nitrogen and oxygen atoms in total. The highest BCUT2D eigenvalue weighted by molar-refractivity contribution is 14.1. The van der Waals surface area contributed by atoms with E-state index >= 15 is 0 Å². The van der Waals surface area contributed by atoms with Crippen LogP contribution in [0.5, 0.6) is 0 Å². The molecule has 1 aliphatic heterocycles. The van der Waals surface area contributed by atoms with Crippen molar-refractivity contribution in [2.45, 2.75) is 81.0 Å². The van der Waals surface area contributed by atoms with Gasteiger partial charge in [-0.1, -0.05) is 62.1 Å². The third-order valence-corrected chi connectivity index (χ3v) is 5.65. The van der Waals surface area contributed by atoms with Gasteiger partial charge in [-0.2, -0.15) is 0 Å². The van der Waals surface area contributed by atoms with Crippen LogP contribution in [0.1, 0.15) is 65.2 Å². The van der Waals surface area contributed by atoms with Gasteiger partial charge in [-0.25, -0.2) is 0 Å². The standard InChI is InChI=1S/C15H27IO2/c1-12(2)7-4-3-5-9-15(11-13(15)16)18-14-8-6-10-17-14/h12-14H,3-11H2,1-2H3. The molecule has 0 aromatic rings. The maximum absolute atomic E-state index is 6.22. The first kappa shape index (κ1) is 15.0. The maximum atomic E-state index is 6.22. The van der Waals surface area contributed by atoms with E-state index in [-0.39, 0.29) is 11.9 Å². The Kier molecular flexibility index (Phi) is 5.76. The molecule has 1 aliphatic carbocycles. The summed E-state index contributed by atoms with van der Waals surface area (Å²) < 4.78 is 12.5. The van der Waals surface area contributed by atoms with Crippen LogP contribution >= 0.6 is 22.6 Å². The highest BCUT2D eigenvalue weighted by Crippen LogP contribution is 2.51. The van der Waals surface area contributed by atoms with E-state index in [1.54, 1.807) is 0 Å². The van der Waals surface area contributed by atoms with Gasteiger partial charge >= 0.3 is 0 Å². The van der Waals surface area contributed by atoms with Crippen molar-refractivity contribution in [3.8, 4) is 0 Å². The molecular formula is C15H27IO2. The number of ether oxygens (including phenoxy) is 2. The Hall–Kier alpha value is 0.650. The van der Waals surface area contributed by atoms with Crippen LogP contribution in [0.2, 0.25) is 0 Å². The molecule has 3 atom stereocenters. The highest BCUT2D eigenvalue weighted by Gasteiger charge is 2.55. The lowest BCUT2D eigenvalue weighted by molar-refractivity contribution is -0.156. The zero-order valence-corrected chi connectivity index (χ0v) is 13.9. The first-order valence-corrected chi connectivity index (χ1v) is 8.80. The number of alkyl halides is 1. The Morgan fingerprint density at radius 3 is 2.67 bits per heavy atom. The quantitative estimate of drug-likeness (QED) is 0.352. The van der Waals surface area contributed by atoms with E-state index in [0.717, 1.165) is 18.9 Å². The van der Waals surface area contributed by atoms with E-state index < -0.39 is 0 Å². The molecule has 1 saturated carbocycles. The number of halogens is 1. The molecule has 0 aromatic heterocycles. The number of rotatable bonds is 8. The summed E-state index contributed by atoms with van der Waals surface area (Å²) in [6.07, 6.45) is 10.3. The molecule has 0 amide bonds. The van der Waals surface area contributed by atoms with Crippen molar-refractivity contribution >= 4 is 22.6 Å². The van der Waals surface area contributed by atoms with Gasteiger partial charge in [0.05, 0.1) is 5.60 Å². The Bertz CT molecular complexity index is 251. The number of hydrogen-bond acceptors (Lipinski definition) is 2. The van der Waals surface area contributed by atoms with Crippen LogP contribution in [-0.2, 0) is 9.47 Å². The summed E-state index contributed by atoms with van der Waals surface area (Å²) in [6.45, 7) is 5.51. The van der Waals surface area contributed by atoms with E-state index in [2.05, 4.69) is 36.4 Å². The molecule has 2 rings (SSSR count). The molecule has 0 aromatic carbocycles. The third kappa shape index (κ3) is 4.34. The second kappa shape index (κ2) is 6.89. The molecular weight excluding hydrogens is 339 g/mol. The molecule has 0 bridgehead atoms. The minimum atomic E-state index is 0.0976. The van der Waals surface area contributed by atoms with Crippen molar-refractivity contribution in [1.29, 1.82) is 0 Å². The van der Waals surface area contributed by atoms with Gasteiger partial charge in [0.25, 0.3) is 0 Å².